The molecule has 0 bridgehead atoms. The minimum Gasteiger partial charge on any atom is -0.497 e. The summed E-state index contributed by atoms with van der Waals surface area (Å²) in [5, 5.41) is 0. The van der Waals surface area contributed by atoms with Crippen molar-refractivity contribution in [1.82, 2.24) is 4.90 Å². The van der Waals surface area contributed by atoms with Gasteiger partial charge in [-0.1, -0.05) is 30.3 Å². The molecule has 0 aromatic heterocycles. The van der Waals surface area contributed by atoms with Crippen LogP contribution in [0.15, 0.2) is 42.5 Å². The van der Waals surface area contributed by atoms with Crippen LogP contribution in [0.4, 0.5) is 0 Å². The summed E-state index contributed by atoms with van der Waals surface area (Å²) in [4.78, 5) is 2.43. The van der Waals surface area contributed by atoms with Gasteiger partial charge in [0, 0.05) is 30.8 Å². The molecule has 0 fully saturated rings. The summed E-state index contributed by atoms with van der Waals surface area (Å²) in [5.41, 5.74) is 9.85. The third-order valence-corrected chi connectivity index (χ3v) is 4.75. The summed E-state index contributed by atoms with van der Waals surface area (Å²) in [6, 6.07) is 15.0. The van der Waals surface area contributed by atoms with E-state index in [0.717, 1.165) is 18.0 Å². The van der Waals surface area contributed by atoms with Crippen molar-refractivity contribution in [3.05, 3.63) is 59.2 Å². The zero-order valence-corrected chi connectivity index (χ0v) is 14.0. The van der Waals surface area contributed by atoms with Crippen LogP contribution in [0, 0.1) is 0 Å². The van der Waals surface area contributed by atoms with E-state index in [9.17, 15) is 0 Å². The lowest BCUT2D eigenvalue weighted by atomic mass is 10.0. The summed E-state index contributed by atoms with van der Waals surface area (Å²) in [6.45, 7) is 3.64. The Balaban J connectivity index is 1.99. The van der Waals surface area contributed by atoms with Crippen molar-refractivity contribution in [3.63, 3.8) is 0 Å². The van der Waals surface area contributed by atoms with Gasteiger partial charge in [0.1, 0.15) is 11.5 Å². The summed E-state index contributed by atoms with van der Waals surface area (Å²) >= 11 is 0. The molecule has 1 heterocycles. The van der Waals surface area contributed by atoms with E-state index in [4.69, 9.17) is 15.2 Å². The zero-order chi connectivity index (χ0) is 16.4. The first-order valence-electron chi connectivity index (χ1n) is 7.95. The Bertz CT molecular complexity index is 673. The predicted molar refractivity (Wildman–Crippen MR) is 91.7 cm³/mol. The Kier molecular flexibility index (Phi) is 4.55. The molecule has 0 saturated heterocycles. The minimum absolute atomic E-state index is 0.154. The van der Waals surface area contributed by atoms with Crippen molar-refractivity contribution in [2.24, 2.45) is 5.73 Å². The van der Waals surface area contributed by atoms with Gasteiger partial charge in [-0.2, -0.15) is 0 Å². The van der Waals surface area contributed by atoms with Crippen molar-refractivity contribution in [1.29, 1.82) is 0 Å². The molecule has 2 atom stereocenters. The van der Waals surface area contributed by atoms with Crippen LogP contribution in [-0.4, -0.2) is 25.7 Å². The van der Waals surface area contributed by atoms with Crippen LogP contribution in [0.1, 0.15) is 35.7 Å². The number of benzene rings is 2. The number of hydrogen-bond donors (Lipinski definition) is 1. The van der Waals surface area contributed by atoms with Crippen LogP contribution in [-0.2, 0) is 6.54 Å². The average molecular weight is 312 g/mol. The molecule has 0 radical (unpaired) electrons. The normalized spacial score (nSPS) is 18.5. The summed E-state index contributed by atoms with van der Waals surface area (Å²) in [6.07, 6.45) is 0. The quantitative estimate of drug-likeness (QED) is 0.920. The van der Waals surface area contributed by atoms with E-state index in [0.29, 0.717) is 6.54 Å². The van der Waals surface area contributed by atoms with Crippen molar-refractivity contribution >= 4 is 0 Å². The van der Waals surface area contributed by atoms with Gasteiger partial charge in [-0.15, -0.1) is 0 Å². The molecule has 2 aromatic rings. The highest BCUT2D eigenvalue weighted by atomic mass is 16.5. The molecule has 2 N–H and O–H groups in total. The molecule has 0 amide bonds. The lowest BCUT2D eigenvalue weighted by molar-refractivity contribution is 0.160. The van der Waals surface area contributed by atoms with Gasteiger partial charge in [-0.25, -0.2) is 0 Å². The number of fused-ring (bicyclic) bond motifs is 1. The van der Waals surface area contributed by atoms with Gasteiger partial charge in [0.25, 0.3) is 0 Å². The van der Waals surface area contributed by atoms with E-state index in [1.54, 1.807) is 14.2 Å². The number of methoxy groups -OCH3 is 2. The van der Waals surface area contributed by atoms with E-state index in [2.05, 4.69) is 42.2 Å². The molecule has 0 aliphatic carbocycles. The van der Waals surface area contributed by atoms with Gasteiger partial charge in [-0.05, 0) is 24.1 Å². The third-order valence-electron chi connectivity index (χ3n) is 4.75. The van der Waals surface area contributed by atoms with Crippen LogP contribution in [0.2, 0.25) is 0 Å². The Labute approximate surface area is 137 Å². The molecule has 2 aromatic carbocycles. The molecule has 1 aliphatic heterocycles. The smallest absolute Gasteiger partial charge is 0.127 e. The molecule has 1 aliphatic rings. The fourth-order valence-electron chi connectivity index (χ4n) is 3.51. The molecule has 3 rings (SSSR count). The number of hydrogen-bond acceptors (Lipinski definition) is 4. The Hall–Kier alpha value is -2.04. The van der Waals surface area contributed by atoms with Crippen molar-refractivity contribution < 1.29 is 9.47 Å². The molecule has 23 heavy (non-hydrogen) atoms. The molecular formula is C19H24N2O2. The maximum absolute atomic E-state index is 6.12. The highest BCUT2D eigenvalue weighted by Gasteiger charge is 2.35. The molecule has 2 unspecified atom stereocenters. The van der Waals surface area contributed by atoms with Gasteiger partial charge in [0.05, 0.1) is 20.3 Å². The second kappa shape index (κ2) is 6.60. The second-order valence-corrected chi connectivity index (χ2v) is 5.91. The maximum Gasteiger partial charge on any atom is 0.127 e. The summed E-state index contributed by atoms with van der Waals surface area (Å²) in [7, 11) is 3.38. The number of rotatable bonds is 5. The van der Waals surface area contributed by atoms with Crippen LogP contribution in [0.5, 0.6) is 11.5 Å². The first-order valence-corrected chi connectivity index (χ1v) is 7.95. The fourth-order valence-corrected chi connectivity index (χ4v) is 3.51. The number of nitrogens with two attached hydrogens (primary N) is 1. The van der Waals surface area contributed by atoms with E-state index in [1.165, 1.54) is 16.7 Å². The Morgan fingerprint density at radius 3 is 2.52 bits per heavy atom. The first-order chi connectivity index (χ1) is 11.2. The second-order valence-electron chi connectivity index (χ2n) is 5.91. The fraction of sp³-hybridized carbons (Fsp3) is 0.368. The standard InChI is InChI=1S/C19H24N2O2/c1-13(14-7-5-4-6-8-14)21-12-15-9-16(22-2)10-18(23-3)19(15)17(21)11-20/h4-10,13,17H,11-12,20H2,1-3H3. The Morgan fingerprint density at radius 1 is 1.17 bits per heavy atom. The van der Waals surface area contributed by atoms with Crippen molar-refractivity contribution in [2.45, 2.75) is 25.6 Å². The lowest BCUT2D eigenvalue weighted by Gasteiger charge is -2.31. The van der Waals surface area contributed by atoms with E-state index >= 15 is 0 Å². The minimum atomic E-state index is 0.154. The van der Waals surface area contributed by atoms with Crippen molar-refractivity contribution in [2.75, 3.05) is 20.8 Å². The largest absolute Gasteiger partial charge is 0.497 e. The summed E-state index contributed by atoms with van der Waals surface area (Å²) in [5.74, 6) is 1.68. The molecule has 4 heteroatoms. The van der Waals surface area contributed by atoms with Crippen LogP contribution in [0.3, 0.4) is 0 Å². The monoisotopic (exact) mass is 312 g/mol. The van der Waals surface area contributed by atoms with Crippen LogP contribution >= 0.6 is 0 Å². The third kappa shape index (κ3) is 2.80. The van der Waals surface area contributed by atoms with Crippen molar-refractivity contribution in [3.8, 4) is 11.5 Å². The number of nitrogens with zero attached hydrogens (tertiary/aromatic N) is 1. The SMILES string of the molecule is COc1cc2c(c(OC)c1)C(CN)N(C(C)c1ccccc1)C2. The molecule has 4 nitrogen and oxygen atoms in total. The zero-order valence-electron chi connectivity index (χ0n) is 14.0. The number of ether oxygens (including phenoxy) is 2. The molecular weight excluding hydrogens is 288 g/mol. The topological polar surface area (TPSA) is 47.7 Å². The lowest BCUT2D eigenvalue weighted by Crippen LogP contribution is -2.30. The van der Waals surface area contributed by atoms with Crippen LogP contribution < -0.4 is 15.2 Å². The molecule has 122 valence electrons. The van der Waals surface area contributed by atoms with Gasteiger partial charge in [0.2, 0.25) is 0 Å². The first kappa shape index (κ1) is 15.8. The van der Waals surface area contributed by atoms with Crippen LogP contribution in [0.25, 0.3) is 0 Å². The van der Waals surface area contributed by atoms with E-state index in [-0.39, 0.29) is 12.1 Å². The highest BCUT2D eigenvalue weighted by molar-refractivity contribution is 5.51. The summed E-state index contributed by atoms with van der Waals surface area (Å²) < 4.78 is 11.0. The van der Waals surface area contributed by atoms with Gasteiger partial charge >= 0.3 is 0 Å². The maximum atomic E-state index is 6.12. The van der Waals surface area contributed by atoms with E-state index in [1.807, 2.05) is 12.1 Å². The molecule has 0 saturated carbocycles. The average Bonchev–Trinajstić information content (AvgIpc) is 2.99. The molecule has 0 spiro atoms. The van der Waals surface area contributed by atoms with E-state index < -0.39 is 0 Å². The Morgan fingerprint density at radius 2 is 1.91 bits per heavy atom. The van der Waals surface area contributed by atoms with Gasteiger partial charge < -0.3 is 15.2 Å². The van der Waals surface area contributed by atoms with Gasteiger partial charge in [-0.3, -0.25) is 4.90 Å². The van der Waals surface area contributed by atoms with Gasteiger partial charge in [0.15, 0.2) is 0 Å². The highest BCUT2D eigenvalue weighted by Crippen LogP contribution is 2.45. The predicted octanol–water partition coefficient (Wildman–Crippen LogP) is 3.28.